The molecule has 1 aromatic heterocycles. The molecule has 28 heavy (non-hydrogen) atoms. The molecular formula is C19H19N3O6. The fraction of sp³-hybridized carbons (Fsp3) is 0.316. The van der Waals surface area contributed by atoms with E-state index in [4.69, 9.17) is 4.74 Å². The van der Waals surface area contributed by atoms with Crippen LogP contribution in [-0.4, -0.2) is 41.2 Å². The zero-order valence-corrected chi connectivity index (χ0v) is 15.9. The summed E-state index contributed by atoms with van der Waals surface area (Å²) in [5.41, 5.74) is -0.612. The smallest absolute Gasteiger partial charge is 0.408 e. The number of alkyl carbamates (subject to hydrolysis) is 1. The van der Waals surface area contributed by atoms with Crippen molar-refractivity contribution in [2.24, 2.45) is 0 Å². The van der Waals surface area contributed by atoms with Gasteiger partial charge in [0.25, 0.3) is 5.69 Å². The standard InChI is InChI=1S/C19H19N3O6/c1-19(2,3)28-18(24)20-10-6-7-12-11-14(17(23)27-4)21-16-13(12)8-5-9-15(16)22(25)26/h5,8-9,11H,10H2,1-4H3,(H,20,24). The molecule has 0 radical (unpaired) electrons. The predicted octanol–water partition coefficient (Wildman–Crippen LogP) is 2.81. The molecular weight excluding hydrogens is 366 g/mol. The van der Waals surface area contributed by atoms with Crippen molar-refractivity contribution in [2.45, 2.75) is 26.4 Å². The lowest BCUT2D eigenvalue weighted by atomic mass is 10.1. The van der Waals surface area contributed by atoms with Crippen molar-refractivity contribution in [3.63, 3.8) is 0 Å². The Morgan fingerprint density at radius 1 is 1.32 bits per heavy atom. The van der Waals surface area contributed by atoms with Gasteiger partial charge in [-0.3, -0.25) is 10.1 Å². The van der Waals surface area contributed by atoms with Gasteiger partial charge < -0.3 is 14.8 Å². The molecule has 2 rings (SSSR count). The number of nitro groups is 1. The van der Waals surface area contributed by atoms with Crippen molar-refractivity contribution in [1.29, 1.82) is 0 Å². The second-order valence-electron chi connectivity index (χ2n) is 6.63. The second kappa shape index (κ2) is 8.35. The topological polar surface area (TPSA) is 121 Å². The van der Waals surface area contributed by atoms with E-state index in [0.29, 0.717) is 10.9 Å². The molecule has 9 nitrogen and oxygen atoms in total. The summed E-state index contributed by atoms with van der Waals surface area (Å²) in [6, 6.07) is 5.79. The van der Waals surface area contributed by atoms with Gasteiger partial charge in [-0.1, -0.05) is 24.0 Å². The molecule has 1 N–H and O–H groups in total. The van der Waals surface area contributed by atoms with Crippen LogP contribution in [0.3, 0.4) is 0 Å². The normalized spacial score (nSPS) is 10.6. The first-order valence-corrected chi connectivity index (χ1v) is 8.24. The first kappa shape index (κ1) is 20.6. The number of hydrogen-bond acceptors (Lipinski definition) is 7. The van der Waals surface area contributed by atoms with E-state index in [-0.39, 0.29) is 23.4 Å². The van der Waals surface area contributed by atoms with Crippen molar-refractivity contribution < 1.29 is 24.0 Å². The first-order valence-electron chi connectivity index (χ1n) is 8.24. The number of non-ortho nitro benzene ring substituents is 1. The quantitative estimate of drug-likeness (QED) is 0.373. The molecule has 1 amide bonds. The second-order valence-corrected chi connectivity index (χ2v) is 6.63. The van der Waals surface area contributed by atoms with Crippen LogP contribution in [0.25, 0.3) is 10.9 Å². The summed E-state index contributed by atoms with van der Waals surface area (Å²) >= 11 is 0. The predicted molar refractivity (Wildman–Crippen MR) is 101 cm³/mol. The van der Waals surface area contributed by atoms with Gasteiger partial charge in [-0.25, -0.2) is 14.6 Å². The minimum Gasteiger partial charge on any atom is -0.464 e. The van der Waals surface area contributed by atoms with E-state index < -0.39 is 22.6 Å². The number of carbonyl (C=O) groups excluding carboxylic acids is 2. The number of para-hydroxylation sites is 1. The van der Waals surface area contributed by atoms with Gasteiger partial charge in [0.2, 0.25) is 0 Å². The minimum atomic E-state index is -0.741. The number of nitrogens with one attached hydrogen (secondary N) is 1. The third-order valence-electron chi connectivity index (χ3n) is 3.35. The number of esters is 1. The van der Waals surface area contributed by atoms with Crippen LogP contribution in [0.2, 0.25) is 0 Å². The zero-order chi connectivity index (χ0) is 20.9. The van der Waals surface area contributed by atoms with Crippen LogP contribution in [0.5, 0.6) is 0 Å². The molecule has 0 unspecified atom stereocenters. The number of benzene rings is 1. The van der Waals surface area contributed by atoms with E-state index in [2.05, 4.69) is 26.9 Å². The third-order valence-corrected chi connectivity index (χ3v) is 3.35. The van der Waals surface area contributed by atoms with E-state index in [1.54, 1.807) is 26.8 Å². The molecule has 9 heteroatoms. The molecule has 146 valence electrons. The molecule has 0 fully saturated rings. The Labute approximate surface area is 161 Å². The van der Waals surface area contributed by atoms with Gasteiger partial charge >= 0.3 is 12.1 Å². The lowest BCUT2D eigenvalue weighted by Crippen LogP contribution is -2.32. The maximum absolute atomic E-state index is 11.9. The van der Waals surface area contributed by atoms with Crippen LogP contribution in [0.15, 0.2) is 24.3 Å². The summed E-state index contributed by atoms with van der Waals surface area (Å²) in [4.78, 5) is 38.2. The Kier molecular flexibility index (Phi) is 6.15. The van der Waals surface area contributed by atoms with Crippen LogP contribution < -0.4 is 5.32 Å². The number of hydrogen-bond donors (Lipinski definition) is 1. The van der Waals surface area contributed by atoms with Crippen LogP contribution in [0, 0.1) is 22.0 Å². The van der Waals surface area contributed by atoms with E-state index in [0.717, 1.165) is 0 Å². The van der Waals surface area contributed by atoms with Crippen LogP contribution >= 0.6 is 0 Å². The molecule has 1 aromatic carbocycles. The van der Waals surface area contributed by atoms with Crippen molar-refractivity contribution in [3.05, 3.63) is 45.6 Å². The summed E-state index contributed by atoms with van der Waals surface area (Å²) in [5, 5.41) is 14.2. The van der Waals surface area contributed by atoms with Crippen molar-refractivity contribution in [2.75, 3.05) is 13.7 Å². The molecule has 0 aliphatic rings. The lowest BCUT2D eigenvalue weighted by Gasteiger charge is -2.19. The average molecular weight is 385 g/mol. The fourth-order valence-corrected chi connectivity index (χ4v) is 2.26. The van der Waals surface area contributed by atoms with Gasteiger partial charge in [0.1, 0.15) is 11.1 Å². The minimum absolute atomic E-state index is 0.0127. The highest BCUT2D eigenvalue weighted by molar-refractivity contribution is 5.97. The Hall–Kier alpha value is -3.67. The number of fused-ring (bicyclic) bond motifs is 1. The average Bonchev–Trinajstić information content (AvgIpc) is 2.62. The molecule has 0 aliphatic carbocycles. The maximum Gasteiger partial charge on any atom is 0.408 e. The SMILES string of the molecule is COC(=O)c1cc(C#CCNC(=O)OC(C)(C)C)c2cccc([N+](=O)[O-])c2n1. The van der Waals surface area contributed by atoms with E-state index in [1.807, 2.05) is 0 Å². The summed E-state index contributed by atoms with van der Waals surface area (Å²) in [5.74, 6) is 4.79. The first-order chi connectivity index (χ1) is 13.1. The van der Waals surface area contributed by atoms with Crippen LogP contribution in [0.1, 0.15) is 36.8 Å². The highest BCUT2D eigenvalue weighted by Crippen LogP contribution is 2.26. The Balaban J connectivity index is 2.39. The Morgan fingerprint density at radius 3 is 2.64 bits per heavy atom. The maximum atomic E-state index is 11.9. The van der Waals surface area contributed by atoms with Gasteiger partial charge in [0.15, 0.2) is 5.69 Å². The number of carbonyl (C=O) groups is 2. The van der Waals surface area contributed by atoms with E-state index >= 15 is 0 Å². The van der Waals surface area contributed by atoms with Crippen molar-refractivity contribution in [3.8, 4) is 11.8 Å². The van der Waals surface area contributed by atoms with Gasteiger partial charge in [-0.05, 0) is 26.8 Å². The summed E-state index contributed by atoms with van der Waals surface area (Å²) < 4.78 is 9.75. The molecule has 0 saturated carbocycles. The number of methoxy groups -OCH3 is 1. The van der Waals surface area contributed by atoms with Crippen LogP contribution in [-0.2, 0) is 9.47 Å². The molecule has 0 aliphatic heterocycles. The summed E-state index contributed by atoms with van der Waals surface area (Å²) in [6.07, 6.45) is -0.618. The largest absolute Gasteiger partial charge is 0.464 e. The molecule has 0 atom stereocenters. The number of nitro benzene ring substituents is 1. The third kappa shape index (κ3) is 5.17. The molecule has 0 spiro atoms. The van der Waals surface area contributed by atoms with Gasteiger partial charge in [0, 0.05) is 17.0 Å². The zero-order valence-electron chi connectivity index (χ0n) is 15.9. The Morgan fingerprint density at radius 2 is 2.04 bits per heavy atom. The lowest BCUT2D eigenvalue weighted by molar-refractivity contribution is -0.383. The molecule has 2 aromatic rings. The summed E-state index contributed by atoms with van der Waals surface area (Å²) in [7, 11) is 1.18. The molecule has 0 saturated heterocycles. The number of rotatable bonds is 3. The van der Waals surface area contributed by atoms with Gasteiger partial charge in [-0.15, -0.1) is 0 Å². The number of aromatic nitrogens is 1. The van der Waals surface area contributed by atoms with Crippen LogP contribution in [0.4, 0.5) is 10.5 Å². The number of nitrogens with zero attached hydrogens (tertiary/aromatic N) is 2. The number of amides is 1. The van der Waals surface area contributed by atoms with Crippen molar-refractivity contribution in [1.82, 2.24) is 10.3 Å². The number of pyridine rings is 1. The highest BCUT2D eigenvalue weighted by Gasteiger charge is 2.19. The monoisotopic (exact) mass is 385 g/mol. The summed E-state index contributed by atoms with van der Waals surface area (Å²) in [6.45, 7) is 5.20. The Bertz CT molecular complexity index is 998. The van der Waals surface area contributed by atoms with Gasteiger partial charge in [0.05, 0.1) is 18.6 Å². The fourth-order valence-electron chi connectivity index (χ4n) is 2.26. The van der Waals surface area contributed by atoms with Gasteiger partial charge in [-0.2, -0.15) is 0 Å². The molecule has 0 bridgehead atoms. The van der Waals surface area contributed by atoms with E-state index in [9.17, 15) is 19.7 Å². The molecule has 1 heterocycles. The number of ether oxygens (including phenoxy) is 2. The highest BCUT2D eigenvalue weighted by atomic mass is 16.6. The van der Waals surface area contributed by atoms with Crippen molar-refractivity contribution >= 4 is 28.7 Å². The van der Waals surface area contributed by atoms with E-state index in [1.165, 1.54) is 25.3 Å².